The molecule has 1 nitrogen and oxygen atoms in total. The Labute approximate surface area is 68.8 Å². The van der Waals surface area contributed by atoms with Crippen LogP contribution in [-0.4, -0.2) is 6.29 Å². The largest absolute Gasteiger partial charge is 0.301 e. The van der Waals surface area contributed by atoms with Crippen molar-refractivity contribution >= 4 is 17.9 Å². The Morgan fingerprint density at radius 3 is 2.82 bits per heavy atom. The van der Waals surface area contributed by atoms with E-state index in [4.69, 9.17) is 11.6 Å². The lowest BCUT2D eigenvalue weighted by Crippen LogP contribution is -1.91. The van der Waals surface area contributed by atoms with Gasteiger partial charge in [-0.05, 0) is 17.7 Å². The fourth-order valence-electron chi connectivity index (χ4n) is 0.757. The third-order valence-corrected chi connectivity index (χ3v) is 1.64. The number of carbonyl (C=O) groups is 1. The highest BCUT2D eigenvalue weighted by Crippen LogP contribution is 2.17. The first-order valence-electron chi connectivity index (χ1n) is 3.09. The van der Waals surface area contributed by atoms with Crippen molar-refractivity contribution in [2.24, 2.45) is 0 Å². The summed E-state index contributed by atoms with van der Waals surface area (Å²) in [5, 5.41) is -0.745. The Morgan fingerprint density at radius 1 is 1.55 bits per heavy atom. The number of hydrogen-bond acceptors (Lipinski definition) is 1. The first kappa shape index (κ1) is 8.21. The highest BCUT2D eigenvalue weighted by molar-refractivity contribution is 6.27. The van der Waals surface area contributed by atoms with Crippen LogP contribution in [0.25, 0.3) is 0 Å². The minimum atomic E-state index is -0.745. The number of halogens is 2. The molecule has 0 saturated heterocycles. The van der Waals surface area contributed by atoms with Crippen LogP contribution in [0.3, 0.4) is 0 Å². The van der Waals surface area contributed by atoms with Gasteiger partial charge >= 0.3 is 0 Å². The lowest BCUT2D eigenvalue weighted by molar-refractivity contribution is -0.107. The average Bonchev–Trinajstić information content (AvgIpc) is 2.03. The Kier molecular flexibility index (Phi) is 2.60. The number of benzene rings is 1. The van der Waals surface area contributed by atoms with Gasteiger partial charge in [-0.3, -0.25) is 0 Å². The summed E-state index contributed by atoms with van der Waals surface area (Å²) in [5.74, 6) is -0.380. The minimum absolute atomic E-state index is 0.380. The van der Waals surface area contributed by atoms with E-state index in [-0.39, 0.29) is 5.82 Å². The maximum Gasteiger partial charge on any atom is 0.142 e. The van der Waals surface area contributed by atoms with Crippen molar-refractivity contribution in [3.63, 3.8) is 0 Å². The van der Waals surface area contributed by atoms with Gasteiger partial charge in [0.2, 0.25) is 0 Å². The molecule has 3 heteroatoms. The molecule has 0 aliphatic rings. The standard InChI is InChI=1S/C8H6ClFO/c9-8(5-11)6-2-1-3-7(10)4-6/h1-5,8H. The summed E-state index contributed by atoms with van der Waals surface area (Å²) in [6, 6.07) is 5.67. The zero-order chi connectivity index (χ0) is 8.27. The second kappa shape index (κ2) is 3.49. The number of aldehydes is 1. The SMILES string of the molecule is O=CC(Cl)c1cccc(F)c1. The molecule has 0 amide bonds. The number of rotatable bonds is 2. The quantitative estimate of drug-likeness (QED) is 0.494. The Bertz CT molecular complexity index is 262. The maximum atomic E-state index is 12.5. The highest BCUT2D eigenvalue weighted by Gasteiger charge is 2.05. The van der Waals surface area contributed by atoms with Gasteiger partial charge in [-0.2, -0.15) is 0 Å². The third kappa shape index (κ3) is 2.02. The van der Waals surface area contributed by atoms with E-state index in [0.29, 0.717) is 11.8 Å². The van der Waals surface area contributed by atoms with E-state index < -0.39 is 5.38 Å². The summed E-state index contributed by atoms with van der Waals surface area (Å²) in [6.45, 7) is 0. The molecule has 1 atom stereocenters. The highest BCUT2D eigenvalue weighted by atomic mass is 35.5. The van der Waals surface area contributed by atoms with Gasteiger partial charge in [-0.25, -0.2) is 4.39 Å². The lowest BCUT2D eigenvalue weighted by atomic mass is 10.2. The van der Waals surface area contributed by atoms with Crippen molar-refractivity contribution in [2.75, 3.05) is 0 Å². The fourth-order valence-corrected chi connectivity index (χ4v) is 0.892. The number of carbonyl (C=O) groups excluding carboxylic acids is 1. The number of hydrogen-bond donors (Lipinski definition) is 0. The van der Waals surface area contributed by atoms with E-state index in [1.165, 1.54) is 18.2 Å². The molecule has 0 radical (unpaired) electrons. The second-order valence-corrected chi connectivity index (χ2v) is 2.56. The second-order valence-electron chi connectivity index (χ2n) is 2.09. The summed E-state index contributed by atoms with van der Waals surface area (Å²) in [4.78, 5) is 10.2. The van der Waals surface area contributed by atoms with E-state index >= 15 is 0 Å². The van der Waals surface area contributed by atoms with Crippen LogP contribution < -0.4 is 0 Å². The van der Waals surface area contributed by atoms with Crippen molar-refractivity contribution in [3.05, 3.63) is 35.6 Å². The zero-order valence-corrected chi connectivity index (χ0v) is 6.38. The van der Waals surface area contributed by atoms with Gasteiger partial charge in [0.25, 0.3) is 0 Å². The van der Waals surface area contributed by atoms with Gasteiger partial charge in [0.05, 0.1) is 0 Å². The molecule has 0 heterocycles. The third-order valence-electron chi connectivity index (χ3n) is 1.29. The van der Waals surface area contributed by atoms with Gasteiger partial charge in [0.15, 0.2) is 0 Å². The van der Waals surface area contributed by atoms with Crippen molar-refractivity contribution in [3.8, 4) is 0 Å². The molecule has 11 heavy (non-hydrogen) atoms. The molecule has 58 valence electrons. The topological polar surface area (TPSA) is 17.1 Å². The van der Waals surface area contributed by atoms with Crippen LogP contribution in [0, 0.1) is 5.82 Å². The van der Waals surface area contributed by atoms with Crippen LogP contribution in [0.15, 0.2) is 24.3 Å². The van der Waals surface area contributed by atoms with E-state index in [0.717, 1.165) is 0 Å². The Hall–Kier alpha value is -0.890. The molecule has 1 rings (SSSR count). The predicted molar refractivity (Wildman–Crippen MR) is 41.1 cm³/mol. The molecule has 0 N–H and O–H groups in total. The lowest BCUT2D eigenvalue weighted by Gasteiger charge is -1.99. The molecular formula is C8H6ClFO. The first-order valence-corrected chi connectivity index (χ1v) is 3.52. The van der Waals surface area contributed by atoms with Crippen LogP contribution in [0.1, 0.15) is 10.9 Å². The van der Waals surface area contributed by atoms with Crippen molar-refractivity contribution in [1.29, 1.82) is 0 Å². The van der Waals surface area contributed by atoms with E-state index in [1.807, 2.05) is 0 Å². The van der Waals surface area contributed by atoms with Crippen LogP contribution in [0.4, 0.5) is 4.39 Å². The normalized spacial score (nSPS) is 12.5. The molecule has 1 unspecified atom stereocenters. The molecule has 0 aliphatic carbocycles. The van der Waals surface area contributed by atoms with E-state index in [1.54, 1.807) is 6.07 Å². The monoisotopic (exact) mass is 172 g/mol. The summed E-state index contributed by atoms with van der Waals surface area (Å²) < 4.78 is 12.5. The van der Waals surface area contributed by atoms with E-state index in [9.17, 15) is 9.18 Å². The van der Waals surface area contributed by atoms with Crippen molar-refractivity contribution in [2.45, 2.75) is 5.38 Å². The molecule has 1 aromatic rings. The molecule has 0 saturated carbocycles. The van der Waals surface area contributed by atoms with Crippen molar-refractivity contribution < 1.29 is 9.18 Å². The van der Waals surface area contributed by atoms with Gasteiger partial charge in [0.1, 0.15) is 17.5 Å². The molecule has 0 aliphatic heterocycles. The summed E-state index contributed by atoms with van der Waals surface area (Å²) in [5.41, 5.74) is 0.488. The maximum absolute atomic E-state index is 12.5. The molecule has 0 bridgehead atoms. The zero-order valence-electron chi connectivity index (χ0n) is 5.63. The summed E-state index contributed by atoms with van der Waals surface area (Å²) in [7, 11) is 0. The van der Waals surface area contributed by atoms with Gasteiger partial charge in [-0.15, -0.1) is 11.6 Å². The van der Waals surface area contributed by atoms with Crippen molar-refractivity contribution in [1.82, 2.24) is 0 Å². The molecule has 0 aromatic heterocycles. The van der Waals surface area contributed by atoms with Crippen LogP contribution in [0.2, 0.25) is 0 Å². The predicted octanol–water partition coefficient (Wildman–Crippen LogP) is 2.30. The fraction of sp³-hybridized carbons (Fsp3) is 0.125. The van der Waals surface area contributed by atoms with Gasteiger partial charge in [0, 0.05) is 0 Å². The molecule has 0 fully saturated rings. The summed E-state index contributed by atoms with van der Waals surface area (Å²) in [6.07, 6.45) is 0.566. The molecule has 1 aromatic carbocycles. The van der Waals surface area contributed by atoms with Gasteiger partial charge in [-0.1, -0.05) is 12.1 Å². The molecular weight excluding hydrogens is 167 g/mol. The minimum Gasteiger partial charge on any atom is -0.301 e. The van der Waals surface area contributed by atoms with Crippen LogP contribution in [-0.2, 0) is 4.79 Å². The van der Waals surface area contributed by atoms with Crippen LogP contribution >= 0.6 is 11.6 Å². The average molecular weight is 173 g/mol. The Balaban J connectivity index is 2.95. The van der Waals surface area contributed by atoms with Crippen LogP contribution in [0.5, 0.6) is 0 Å². The van der Waals surface area contributed by atoms with E-state index in [2.05, 4.69) is 0 Å². The first-order chi connectivity index (χ1) is 5.24. The number of alkyl halides is 1. The summed E-state index contributed by atoms with van der Waals surface area (Å²) >= 11 is 5.53. The van der Waals surface area contributed by atoms with Gasteiger partial charge < -0.3 is 4.79 Å². The smallest absolute Gasteiger partial charge is 0.142 e. The Morgan fingerprint density at radius 2 is 2.27 bits per heavy atom. The molecule has 0 spiro atoms.